The van der Waals surface area contributed by atoms with Crippen molar-refractivity contribution in [1.29, 1.82) is 0 Å². The van der Waals surface area contributed by atoms with Gasteiger partial charge in [-0.05, 0) is 62.1 Å². The molecule has 0 saturated heterocycles. The van der Waals surface area contributed by atoms with Gasteiger partial charge in [-0.25, -0.2) is 13.1 Å². The van der Waals surface area contributed by atoms with Crippen LogP contribution in [0.3, 0.4) is 0 Å². The molecule has 0 aliphatic heterocycles. The minimum absolute atomic E-state index is 0.288. The van der Waals surface area contributed by atoms with Crippen molar-refractivity contribution >= 4 is 10.0 Å². The van der Waals surface area contributed by atoms with Gasteiger partial charge in [-0.15, -0.1) is 0 Å². The molecule has 0 unspecified atom stereocenters. The first-order valence-electron chi connectivity index (χ1n) is 7.49. The van der Waals surface area contributed by atoms with Crippen LogP contribution in [0.1, 0.15) is 35.2 Å². The van der Waals surface area contributed by atoms with Gasteiger partial charge in [0.1, 0.15) is 5.75 Å². The van der Waals surface area contributed by atoms with Crippen molar-refractivity contribution in [2.45, 2.75) is 38.6 Å². The van der Waals surface area contributed by atoms with E-state index in [0.29, 0.717) is 11.3 Å². The summed E-state index contributed by atoms with van der Waals surface area (Å²) in [4.78, 5) is 0.288. The van der Waals surface area contributed by atoms with Crippen molar-refractivity contribution in [1.82, 2.24) is 4.72 Å². The Bertz CT molecular complexity index is 813. The summed E-state index contributed by atoms with van der Waals surface area (Å²) in [6, 6.07) is 10.9. The van der Waals surface area contributed by atoms with E-state index in [1.54, 1.807) is 26.2 Å². The normalized spacial score (nSPS) is 12.9. The molecular weight excluding hydrogens is 310 g/mol. The molecule has 0 spiro atoms. The Morgan fingerprint density at radius 1 is 1.00 bits per heavy atom. The standard InChI is InChI=1S/C18H23NO3S/c1-12-8-6-7-9-16(12)15(4)19-23(20,21)18-11-13(2)17(22-5)10-14(18)3/h6-11,15,19H,1-5H3/t15-/m1/s1. The molecule has 124 valence electrons. The van der Waals surface area contributed by atoms with Gasteiger partial charge in [-0.3, -0.25) is 0 Å². The summed E-state index contributed by atoms with van der Waals surface area (Å²) in [6.07, 6.45) is 0. The quantitative estimate of drug-likeness (QED) is 0.908. The molecule has 2 aromatic carbocycles. The van der Waals surface area contributed by atoms with Gasteiger partial charge in [0.15, 0.2) is 0 Å². The van der Waals surface area contributed by atoms with E-state index in [-0.39, 0.29) is 10.9 Å². The van der Waals surface area contributed by atoms with Crippen molar-refractivity contribution in [2.75, 3.05) is 7.11 Å². The van der Waals surface area contributed by atoms with E-state index in [4.69, 9.17) is 4.74 Å². The molecule has 2 rings (SSSR count). The number of sulfonamides is 1. The molecule has 2 aromatic rings. The maximum absolute atomic E-state index is 12.7. The van der Waals surface area contributed by atoms with Crippen molar-refractivity contribution < 1.29 is 13.2 Å². The fraction of sp³-hybridized carbons (Fsp3) is 0.333. The number of ether oxygens (including phenoxy) is 1. The highest BCUT2D eigenvalue weighted by Crippen LogP contribution is 2.27. The van der Waals surface area contributed by atoms with Gasteiger partial charge < -0.3 is 4.74 Å². The SMILES string of the molecule is COc1cc(C)c(S(=O)(=O)N[C@H](C)c2ccccc2C)cc1C. The Labute approximate surface area is 138 Å². The lowest BCUT2D eigenvalue weighted by Crippen LogP contribution is -2.28. The number of nitrogens with one attached hydrogen (secondary N) is 1. The van der Waals surface area contributed by atoms with Gasteiger partial charge in [0.2, 0.25) is 10.0 Å². The molecule has 0 aromatic heterocycles. The molecule has 0 heterocycles. The third-order valence-electron chi connectivity index (χ3n) is 3.97. The van der Waals surface area contributed by atoms with Crippen molar-refractivity contribution in [3.8, 4) is 5.75 Å². The summed E-state index contributed by atoms with van der Waals surface area (Å²) in [5.41, 5.74) is 3.49. The summed E-state index contributed by atoms with van der Waals surface area (Å²) in [7, 11) is -2.03. The predicted molar refractivity (Wildman–Crippen MR) is 92.4 cm³/mol. The van der Waals surface area contributed by atoms with Crippen LogP contribution in [0.25, 0.3) is 0 Å². The average molecular weight is 333 g/mol. The molecule has 0 aliphatic carbocycles. The van der Waals surface area contributed by atoms with E-state index in [1.165, 1.54) is 0 Å². The Hall–Kier alpha value is -1.85. The van der Waals surface area contributed by atoms with Crippen LogP contribution >= 0.6 is 0 Å². The van der Waals surface area contributed by atoms with Crippen molar-refractivity contribution in [3.05, 3.63) is 58.7 Å². The first-order chi connectivity index (χ1) is 10.8. The second kappa shape index (κ2) is 6.72. The summed E-state index contributed by atoms with van der Waals surface area (Å²) in [6.45, 7) is 7.44. The van der Waals surface area contributed by atoms with Crippen LogP contribution in [0.5, 0.6) is 5.75 Å². The minimum Gasteiger partial charge on any atom is -0.496 e. The second-order valence-corrected chi connectivity index (χ2v) is 7.47. The number of benzene rings is 2. The van der Waals surface area contributed by atoms with Gasteiger partial charge in [0.05, 0.1) is 12.0 Å². The lowest BCUT2D eigenvalue weighted by molar-refractivity contribution is 0.411. The fourth-order valence-corrected chi connectivity index (χ4v) is 4.24. The predicted octanol–water partition coefficient (Wildman–Crippen LogP) is 3.66. The van der Waals surface area contributed by atoms with E-state index in [2.05, 4.69) is 4.72 Å². The van der Waals surface area contributed by atoms with Gasteiger partial charge in [0, 0.05) is 6.04 Å². The van der Waals surface area contributed by atoms with Gasteiger partial charge in [0.25, 0.3) is 0 Å². The molecule has 0 bridgehead atoms. The highest BCUT2D eigenvalue weighted by atomic mass is 32.2. The van der Waals surface area contributed by atoms with Crippen LogP contribution in [-0.2, 0) is 10.0 Å². The molecular formula is C18H23NO3S. The van der Waals surface area contributed by atoms with Crippen molar-refractivity contribution in [2.24, 2.45) is 0 Å². The maximum Gasteiger partial charge on any atom is 0.241 e. The van der Waals surface area contributed by atoms with Crippen LogP contribution < -0.4 is 9.46 Å². The summed E-state index contributed by atoms with van der Waals surface area (Å²) >= 11 is 0. The Balaban J connectivity index is 2.36. The Morgan fingerprint density at radius 3 is 2.26 bits per heavy atom. The van der Waals surface area contributed by atoms with Gasteiger partial charge in [-0.1, -0.05) is 24.3 Å². The number of hydrogen-bond donors (Lipinski definition) is 1. The van der Waals surface area contributed by atoms with E-state index < -0.39 is 10.0 Å². The highest BCUT2D eigenvalue weighted by molar-refractivity contribution is 7.89. The lowest BCUT2D eigenvalue weighted by Gasteiger charge is -2.18. The van der Waals surface area contributed by atoms with E-state index >= 15 is 0 Å². The molecule has 0 fully saturated rings. The third kappa shape index (κ3) is 3.74. The fourth-order valence-electron chi connectivity index (χ4n) is 2.70. The summed E-state index contributed by atoms with van der Waals surface area (Å²) in [5.74, 6) is 0.688. The average Bonchev–Trinajstić information content (AvgIpc) is 2.48. The minimum atomic E-state index is -3.61. The smallest absolute Gasteiger partial charge is 0.241 e. The van der Waals surface area contributed by atoms with Crippen LogP contribution in [0, 0.1) is 20.8 Å². The third-order valence-corrected chi connectivity index (χ3v) is 5.65. The highest BCUT2D eigenvalue weighted by Gasteiger charge is 2.22. The number of rotatable bonds is 5. The first kappa shape index (κ1) is 17.5. The monoisotopic (exact) mass is 333 g/mol. The molecule has 1 N–H and O–H groups in total. The largest absolute Gasteiger partial charge is 0.496 e. The van der Waals surface area contributed by atoms with Crippen LogP contribution in [0.15, 0.2) is 41.3 Å². The zero-order valence-corrected chi connectivity index (χ0v) is 15.0. The molecule has 0 saturated carbocycles. The maximum atomic E-state index is 12.7. The summed E-state index contributed by atoms with van der Waals surface area (Å²) < 4.78 is 33.5. The molecule has 1 atom stereocenters. The zero-order valence-electron chi connectivity index (χ0n) is 14.2. The Kier molecular flexibility index (Phi) is 5.12. The number of methoxy groups -OCH3 is 1. The Morgan fingerprint density at radius 2 is 1.65 bits per heavy atom. The molecule has 23 heavy (non-hydrogen) atoms. The lowest BCUT2D eigenvalue weighted by atomic mass is 10.0. The topological polar surface area (TPSA) is 55.4 Å². The van der Waals surface area contributed by atoms with E-state index in [0.717, 1.165) is 16.7 Å². The van der Waals surface area contributed by atoms with Gasteiger partial charge >= 0.3 is 0 Å². The molecule has 5 heteroatoms. The van der Waals surface area contributed by atoms with Crippen LogP contribution in [0.2, 0.25) is 0 Å². The molecule has 4 nitrogen and oxygen atoms in total. The van der Waals surface area contributed by atoms with E-state index in [1.807, 2.05) is 45.0 Å². The number of hydrogen-bond acceptors (Lipinski definition) is 3. The first-order valence-corrected chi connectivity index (χ1v) is 8.97. The second-order valence-electron chi connectivity index (χ2n) is 5.79. The van der Waals surface area contributed by atoms with Crippen LogP contribution in [0.4, 0.5) is 0 Å². The molecule has 0 radical (unpaired) electrons. The van der Waals surface area contributed by atoms with Gasteiger partial charge in [-0.2, -0.15) is 0 Å². The van der Waals surface area contributed by atoms with Crippen LogP contribution in [-0.4, -0.2) is 15.5 Å². The summed E-state index contributed by atoms with van der Waals surface area (Å²) in [5, 5.41) is 0. The molecule has 0 aliphatic rings. The zero-order chi connectivity index (χ0) is 17.2. The number of aryl methyl sites for hydroxylation is 3. The van der Waals surface area contributed by atoms with E-state index in [9.17, 15) is 8.42 Å². The van der Waals surface area contributed by atoms with Crippen molar-refractivity contribution in [3.63, 3.8) is 0 Å². The molecule has 0 amide bonds.